The van der Waals surface area contributed by atoms with Gasteiger partial charge in [0.2, 0.25) is 0 Å². The second-order valence-electron chi connectivity index (χ2n) is 19.7. The molecule has 3 saturated carbocycles. The number of unbranched alkanes of at least 4 members (excludes halogenated alkanes) is 9. The number of esters is 2. The highest BCUT2D eigenvalue weighted by atomic mass is 16.5. The molecule has 4 rings (SSSR count). The van der Waals surface area contributed by atoms with Gasteiger partial charge in [0.05, 0.1) is 6.61 Å². The molecule has 0 amide bonds. The van der Waals surface area contributed by atoms with Crippen LogP contribution in [0.3, 0.4) is 0 Å². The molecular formula is C48H82O4. The molecule has 0 radical (unpaired) electrons. The summed E-state index contributed by atoms with van der Waals surface area (Å²) in [5.74, 6) is 3.27. The van der Waals surface area contributed by atoms with E-state index in [0.717, 1.165) is 55.8 Å². The minimum absolute atomic E-state index is 0.0115. The molecule has 0 N–H and O–H groups in total. The Morgan fingerprint density at radius 3 is 2.13 bits per heavy atom. The Labute approximate surface area is 321 Å². The monoisotopic (exact) mass is 723 g/mol. The molecule has 0 unspecified atom stereocenters. The van der Waals surface area contributed by atoms with Gasteiger partial charge in [-0.1, -0.05) is 131 Å². The van der Waals surface area contributed by atoms with Gasteiger partial charge in [-0.25, -0.2) is 0 Å². The van der Waals surface area contributed by atoms with Crippen LogP contribution in [0.4, 0.5) is 0 Å². The normalized spacial score (nSPS) is 33.4. The molecule has 3 fully saturated rings. The summed E-state index contributed by atoms with van der Waals surface area (Å²) in [4.78, 5) is 24.4. The highest BCUT2D eigenvalue weighted by molar-refractivity contribution is 5.69. The van der Waals surface area contributed by atoms with E-state index in [9.17, 15) is 9.59 Å². The second-order valence-corrected chi connectivity index (χ2v) is 19.7. The third kappa shape index (κ3) is 9.99. The second kappa shape index (κ2) is 19.3. The number of ether oxygens (including phenoxy) is 2. The lowest BCUT2D eigenvalue weighted by molar-refractivity contribution is -0.162. The Balaban J connectivity index is 1.25. The highest BCUT2D eigenvalue weighted by Crippen LogP contribution is 2.73. The van der Waals surface area contributed by atoms with Crippen molar-refractivity contribution in [2.24, 2.45) is 51.2 Å². The summed E-state index contributed by atoms with van der Waals surface area (Å²) in [6.07, 6.45) is 34.0. The fourth-order valence-electron chi connectivity index (χ4n) is 12.5. The molecule has 298 valence electrons. The molecule has 0 saturated heterocycles. The third-order valence-corrected chi connectivity index (χ3v) is 15.8. The molecule has 0 bridgehead atoms. The number of rotatable bonds is 21. The molecule has 0 aliphatic heterocycles. The SMILES string of the molecule is CCCCCC/C=C/CCCCCCCC(=O)O[C@@H]1CC[C@@]2(C)C(=CC[C@@H]3[C@@H]2CC[C@]2(C)[C@@H]([C@H](C)CCC[C@H](C)COC(C)=O)CC[C@@]32C)C1(C)C. The van der Waals surface area contributed by atoms with E-state index < -0.39 is 0 Å². The summed E-state index contributed by atoms with van der Waals surface area (Å²) in [6.45, 7) is 21.8. The van der Waals surface area contributed by atoms with Crippen LogP contribution in [0.15, 0.2) is 23.8 Å². The van der Waals surface area contributed by atoms with E-state index in [0.29, 0.717) is 29.8 Å². The lowest BCUT2D eigenvalue weighted by atomic mass is 9.40. The predicted molar refractivity (Wildman–Crippen MR) is 218 cm³/mol. The van der Waals surface area contributed by atoms with E-state index in [-0.39, 0.29) is 28.9 Å². The summed E-state index contributed by atoms with van der Waals surface area (Å²) in [6, 6.07) is 0. The minimum Gasteiger partial charge on any atom is -0.466 e. The zero-order valence-corrected chi connectivity index (χ0v) is 35.6. The van der Waals surface area contributed by atoms with Gasteiger partial charge in [-0.3, -0.25) is 9.59 Å². The molecular weight excluding hydrogens is 641 g/mol. The Morgan fingerprint density at radius 1 is 0.788 bits per heavy atom. The van der Waals surface area contributed by atoms with Crippen LogP contribution in [-0.4, -0.2) is 24.6 Å². The Bertz CT molecular complexity index is 1200. The van der Waals surface area contributed by atoms with Crippen molar-refractivity contribution < 1.29 is 19.1 Å². The number of hydrogen-bond acceptors (Lipinski definition) is 4. The lowest BCUT2D eigenvalue weighted by Crippen LogP contribution is -2.58. The van der Waals surface area contributed by atoms with Gasteiger partial charge >= 0.3 is 11.9 Å². The Kier molecular flexibility index (Phi) is 16.0. The first-order valence-corrected chi connectivity index (χ1v) is 22.4. The van der Waals surface area contributed by atoms with Crippen LogP contribution in [0, 0.1) is 51.2 Å². The van der Waals surface area contributed by atoms with E-state index in [1.165, 1.54) is 110 Å². The van der Waals surface area contributed by atoms with Gasteiger partial charge in [0.1, 0.15) is 6.10 Å². The number of fused-ring (bicyclic) bond motifs is 5. The summed E-state index contributed by atoms with van der Waals surface area (Å²) in [5, 5.41) is 0. The van der Waals surface area contributed by atoms with Crippen LogP contribution in [0.1, 0.15) is 204 Å². The molecule has 4 aliphatic carbocycles. The average Bonchev–Trinajstić information content (AvgIpc) is 3.38. The number of carbonyl (C=O) groups is 2. The molecule has 4 nitrogen and oxygen atoms in total. The van der Waals surface area contributed by atoms with Gasteiger partial charge in [-0.15, -0.1) is 0 Å². The first-order valence-electron chi connectivity index (χ1n) is 22.4. The molecule has 52 heavy (non-hydrogen) atoms. The molecule has 4 aliphatic rings. The van der Waals surface area contributed by atoms with Crippen LogP contribution >= 0.6 is 0 Å². The maximum absolute atomic E-state index is 13.1. The van der Waals surface area contributed by atoms with Crippen molar-refractivity contribution in [3.8, 4) is 0 Å². The van der Waals surface area contributed by atoms with E-state index in [4.69, 9.17) is 9.47 Å². The molecule has 0 spiro atoms. The van der Waals surface area contributed by atoms with Gasteiger partial charge in [-0.05, 0) is 129 Å². The van der Waals surface area contributed by atoms with Crippen LogP contribution in [0.5, 0.6) is 0 Å². The summed E-state index contributed by atoms with van der Waals surface area (Å²) >= 11 is 0. The van der Waals surface area contributed by atoms with Crippen molar-refractivity contribution in [2.45, 2.75) is 210 Å². The van der Waals surface area contributed by atoms with Crippen molar-refractivity contribution in [1.29, 1.82) is 0 Å². The number of hydrogen-bond donors (Lipinski definition) is 0. The van der Waals surface area contributed by atoms with Gasteiger partial charge in [0.25, 0.3) is 0 Å². The van der Waals surface area contributed by atoms with Crippen LogP contribution in [-0.2, 0) is 19.1 Å². The van der Waals surface area contributed by atoms with Gasteiger partial charge < -0.3 is 9.47 Å². The number of allylic oxidation sites excluding steroid dienone is 3. The van der Waals surface area contributed by atoms with Crippen molar-refractivity contribution in [3.63, 3.8) is 0 Å². The molecule has 0 aromatic rings. The first-order chi connectivity index (χ1) is 24.7. The summed E-state index contributed by atoms with van der Waals surface area (Å²) in [5.41, 5.74) is 2.45. The van der Waals surface area contributed by atoms with Crippen LogP contribution < -0.4 is 0 Å². The van der Waals surface area contributed by atoms with Gasteiger partial charge in [-0.2, -0.15) is 0 Å². The van der Waals surface area contributed by atoms with E-state index in [1.54, 1.807) is 5.57 Å². The minimum atomic E-state index is -0.165. The van der Waals surface area contributed by atoms with Crippen molar-refractivity contribution >= 4 is 11.9 Å². The quantitative estimate of drug-likeness (QED) is 0.0672. The molecule has 4 heteroatoms. The predicted octanol–water partition coefficient (Wildman–Crippen LogP) is 13.8. The van der Waals surface area contributed by atoms with E-state index >= 15 is 0 Å². The smallest absolute Gasteiger partial charge is 0.306 e. The maximum Gasteiger partial charge on any atom is 0.306 e. The zero-order valence-electron chi connectivity index (χ0n) is 35.6. The van der Waals surface area contributed by atoms with Gasteiger partial charge in [0.15, 0.2) is 0 Å². The fraction of sp³-hybridized carbons (Fsp3) is 0.875. The summed E-state index contributed by atoms with van der Waals surface area (Å²) < 4.78 is 11.6. The largest absolute Gasteiger partial charge is 0.466 e. The van der Waals surface area contributed by atoms with Crippen LogP contribution in [0.2, 0.25) is 0 Å². The summed E-state index contributed by atoms with van der Waals surface area (Å²) in [7, 11) is 0. The number of carbonyl (C=O) groups excluding carboxylic acids is 2. The Morgan fingerprint density at radius 2 is 1.44 bits per heavy atom. The zero-order chi connectivity index (χ0) is 38.0. The Hall–Kier alpha value is -1.58. The fourth-order valence-corrected chi connectivity index (χ4v) is 12.5. The van der Waals surface area contributed by atoms with Gasteiger partial charge in [0, 0.05) is 18.8 Å². The highest BCUT2D eigenvalue weighted by Gasteiger charge is 2.66. The first kappa shape index (κ1) is 43.2. The standard InChI is InChI=1S/C48H82O4/c1-10-11-12-13-14-15-16-17-18-19-20-21-22-26-44(50)52-43-31-32-46(7)40-30-34-47(8)39(37(3)25-23-24-36(2)35-51-38(4)49)29-33-48(47,9)41(40)27-28-42(46)45(43,5)6/h15-16,28,36-37,39-41,43H,10-14,17-27,29-35H2,1-9H3/b16-15+/t36-,37+,39+,40-,41+,43+,46+,47+,48-/m0/s1. The molecule has 9 atom stereocenters. The third-order valence-electron chi connectivity index (χ3n) is 15.8. The van der Waals surface area contributed by atoms with E-state index in [2.05, 4.69) is 73.6 Å². The van der Waals surface area contributed by atoms with Crippen molar-refractivity contribution in [3.05, 3.63) is 23.8 Å². The lowest BCUT2D eigenvalue weighted by Gasteiger charge is -2.64. The van der Waals surface area contributed by atoms with Crippen molar-refractivity contribution in [1.82, 2.24) is 0 Å². The molecule has 0 heterocycles. The topological polar surface area (TPSA) is 52.6 Å². The van der Waals surface area contributed by atoms with Crippen molar-refractivity contribution in [2.75, 3.05) is 6.61 Å². The average molecular weight is 723 g/mol. The van der Waals surface area contributed by atoms with E-state index in [1.807, 2.05) is 0 Å². The molecule has 0 aromatic heterocycles. The maximum atomic E-state index is 13.1. The van der Waals surface area contributed by atoms with Crippen LogP contribution in [0.25, 0.3) is 0 Å². The molecule has 0 aromatic carbocycles.